The number of benzene rings is 3. The van der Waals surface area contributed by atoms with Crippen molar-refractivity contribution in [3.8, 4) is 5.75 Å². The molecule has 0 spiro atoms. The van der Waals surface area contributed by atoms with Crippen molar-refractivity contribution in [2.24, 2.45) is 5.14 Å². The van der Waals surface area contributed by atoms with Crippen molar-refractivity contribution in [1.82, 2.24) is 0 Å². The molecule has 4 rings (SSSR count). The van der Waals surface area contributed by atoms with E-state index in [-0.39, 0.29) is 29.5 Å². The lowest BCUT2D eigenvalue weighted by Gasteiger charge is -2.37. The molecule has 1 heterocycles. The minimum Gasteiger partial charge on any atom is -0.491 e. The van der Waals surface area contributed by atoms with Gasteiger partial charge >= 0.3 is 0 Å². The summed E-state index contributed by atoms with van der Waals surface area (Å²) >= 11 is 6.10. The lowest BCUT2D eigenvalue weighted by atomic mass is 9.99. The van der Waals surface area contributed by atoms with Crippen molar-refractivity contribution in [3.63, 3.8) is 0 Å². The van der Waals surface area contributed by atoms with E-state index < -0.39 is 22.0 Å². The number of fused-ring (bicyclic) bond motifs is 1. The van der Waals surface area contributed by atoms with Gasteiger partial charge in [-0.25, -0.2) is 13.6 Å². The first-order valence-corrected chi connectivity index (χ1v) is 11.9. The number of nitrogens with zero attached hydrogens (tertiary/aromatic N) is 1. The van der Waals surface area contributed by atoms with E-state index in [0.29, 0.717) is 22.0 Å². The predicted molar refractivity (Wildman–Crippen MR) is 125 cm³/mol. The average molecular weight is 486 g/mol. The molecular weight excluding hydrogens is 466 g/mol. The maximum absolute atomic E-state index is 13.3. The van der Waals surface area contributed by atoms with Crippen LogP contribution < -0.4 is 20.1 Å². The number of anilines is 2. The summed E-state index contributed by atoms with van der Waals surface area (Å²) in [5.41, 5.74) is 1.15. The van der Waals surface area contributed by atoms with Gasteiger partial charge < -0.3 is 10.1 Å². The van der Waals surface area contributed by atoms with Gasteiger partial charge in [-0.15, -0.1) is 0 Å². The molecule has 0 aromatic heterocycles. The number of nitrogens with one attached hydrogen (secondary N) is 1. The summed E-state index contributed by atoms with van der Waals surface area (Å²) in [6.45, 7) is 0.0345. The molecule has 0 radical (unpaired) electrons. The van der Waals surface area contributed by atoms with Gasteiger partial charge in [0.05, 0.1) is 34.3 Å². The summed E-state index contributed by atoms with van der Waals surface area (Å²) in [6.07, 6.45) is -0.0434. The summed E-state index contributed by atoms with van der Waals surface area (Å²) < 4.78 is 29.2. The van der Waals surface area contributed by atoms with Crippen LogP contribution in [0.15, 0.2) is 77.7 Å². The van der Waals surface area contributed by atoms with E-state index in [4.69, 9.17) is 21.5 Å². The average Bonchev–Trinajstić information content (AvgIpc) is 2.79. The molecule has 0 aliphatic carbocycles. The minimum atomic E-state index is -3.99. The van der Waals surface area contributed by atoms with Crippen molar-refractivity contribution >= 4 is 44.8 Å². The van der Waals surface area contributed by atoms with Crippen LogP contribution in [0.3, 0.4) is 0 Å². The zero-order valence-corrected chi connectivity index (χ0v) is 18.8. The number of rotatable bonds is 6. The molecule has 3 aromatic carbocycles. The Morgan fingerprint density at radius 3 is 2.45 bits per heavy atom. The third-order valence-corrected chi connectivity index (χ3v) is 6.34. The lowest BCUT2D eigenvalue weighted by molar-refractivity contribution is -0.124. The first-order valence-electron chi connectivity index (χ1n) is 9.98. The molecule has 2 amide bonds. The van der Waals surface area contributed by atoms with Crippen LogP contribution in [0.2, 0.25) is 5.02 Å². The third kappa shape index (κ3) is 4.85. The highest BCUT2D eigenvalue weighted by Crippen LogP contribution is 2.40. The van der Waals surface area contributed by atoms with Gasteiger partial charge in [-0.1, -0.05) is 54.1 Å². The topological polar surface area (TPSA) is 119 Å². The van der Waals surface area contributed by atoms with Crippen LogP contribution >= 0.6 is 11.6 Å². The van der Waals surface area contributed by atoms with Crippen LogP contribution in [0.25, 0.3) is 0 Å². The first-order chi connectivity index (χ1) is 15.8. The number of halogens is 1. The van der Waals surface area contributed by atoms with Gasteiger partial charge in [0.15, 0.2) is 0 Å². The van der Waals surface area contributed by atoms with Gasteiger partial charge in [0, 0.05) is 0 Å². The highest BCUT2D eigenvalue weighted by Gasteiger charge is 2.38. The predicted octanol–water partition coefficient (Wildman–Crippen LogP) is 3.48. The molecule has 1 atom stereocenters. The monoisotopic (exact) mass is 485 g/mol. The molecular formula is C23H20ClN3O5S. The fourth-order valence-corrected chi connectivity index (χ4v) is 4.33. The molecule has 1 aliphatic rings. The highest BCUT2D eigenvalue weighted by molar-refractivity contribution is 7.89. The van der Waals surface area contributed by atoms with Crippen molar-refractivity contribution in [3.05, 3.63) is 83.4 Å². The normalized spacial score (nSPS) is 15.5. The van der Waals surface area contributed by atoms with E-state index >= 15 is 0 Å². The van der Waals surface area contributed by atoms with Gasteiger partial charge in [-0.3, -0.25) is 14.5 Å². The van der Waals surface area contributed by atoms with E-state index in [1.54, 1.807) is 54.6 Å². The number of hydrogen-bond donors (Lipinski definition) is 2. The Balaban J connectivity index is 1.67. The molecule has 1 aliphatic heterocycles. The van der Waals surface area contributed by atoms with Crippen molar-refractivity contribution in [1.29, 1.82) is 0 Å². The van der Waals surface area contributed by atoms with Gasteiger partial charge in [-0.05, 0) is 35.9 Å². The maximum Gasteiger partial charge on any atom is 0.252 e. The molecule has 1 unspecified atom stereocenters. The summed E-state index contributed by atoms with van der Waals surface area (Å²) in [7, 11) is -3.99. The second kappa shape index (κ2) is 9.22. The molecule has 3 N–H and O–H groups in total. The number of hydrogen-bond acceptors (Lipinski definition) is 5. The van der Waals surface area contributed by atoms with Crippen LogP contribution in [0.4, 0.5) is 11.4 Å². The van der Waals surface area contributed by atoms with Gasteiger partial charge in [0.2, 0.25) is 15.9 Å². The molecule has 0 fully saturated rings. The summed E-state index contributed by atoms with van der Waals surface area (Å²) in [5.74, 6) is -0.405. The van der Waals surface area contributed by atoms with Gasteiger partial charge in [0.25, 0.3) is 5.91 Å². The minimum absolute atomic E-state index is 0.0345. The Hall–Kier alpha value is -3.40. The summed E-state index contributed by atoms with van der Waals surface area (Å²) in [4.78, 5) is 27.6. The smallest absolute Gasteiger partial charge is 0.252 e. The number of carbonyl (C=O) groups is 2. The van der Waals surface area contributed by atoms with Gasteiger partial charge in [0.1, 0.15) is 11.8 Å². The van der Waals surface area contributed by atoms with Gasteiger partial charge in [-0.2, -0.15) is 0 Å². The second-order valence-electron chi connectivity index (χ2n) is 7.32. The number of primary sulfonamides is 1. The standard InChI is InChI=1S/C23H20ClN3O5S/c24-17-8-4-5-9-20(17)32-13-12-21(28)27-19-11-10-16(33(25,30)31)14-18(19)26-23(29)22(27)15-6-2-1-3-7-15/h1-11,14,22H,12-13H2,(H,26,29)(H2,25,30,31). The van der Waals surface area contributed by atoms with E-state index in [2.05, 4.69) is 5.32 Å². The molecule has 8 nitrogen and oxygen atoms in total. The molecule has 170 valence electrons. The van der Waals surface area contributed by atoms with E-state index in [1.165, 1.54) is 23.1 Å². The van der Waals surface area contributed by atoms with Crippen LogP contribution in [-0.4, -0.2) is 26.8 Å². The Morgan fingerprint density at radius 1 is 1.06 bits per heavy atom. The Bertz CT molecular complexity index is 1310. The number of para-hydroxylation sites is 1. The molecule has 0 saturated carbocycles. The number of carbonyl (C=O) groups excluding carboxylic acids is 2. The van der Waals surface area contributed by atoms with Crippen LogP contribution in [0.5, 0.6) is 5.75 Å². The largest absolute Gasteiger partial charge is 0.491 e. The second-order valence-corrected chi connectivity index (χ2v) is 9.29. The highest BCUT2D eigenvalue weighted by atomic mass is 35.5. The molecule has 0 bridgehead atoms. The molecule has 10 heteroatoms. The zero-order chi connectivity index (χ0) is 23.6. The fourth-order valence-electron chi connectivity index (χ4n) is 3.60. The van der Waals surface area contributed by atoms with Crippen LogP contribution in [-0.2, 0) is 19.6 Å². The molecule has 3 aromatic rings. The third-order valence-electron chi connectivity index (χ3n) is 5.11. The quantitative estimate of drug-likeness (QED) is 0.554. The summed E-state index contributed by atoms with van der Waals surface area (Å²) in [5, 5.41) is 8.34. The van der Waals surface area contributed by atoms with Crippen molar-refractivity contribution < 1.29 is 22.7 Å². The Morgan fingerprint density at radius 2 is 1.76 bits per heavy atom. The molecule has 0 saturated heterocycles. The van der Waals surface area contributed by atoms with Crippen molar-refractivity contribution in [2.75, 3.05) is 16.8 Å². The number of amides is 2. The van der Waals surface area contributed by atoms with Crippen LogP contribution in [0.1, 0.15) is 18.0 Å². The molecule has 33 heavy (non-hydrogen) atoms. The first kappa shape index (κ1) is 22.8. The Labute approximate surface area is 196 Å². The lowest BCUT2D eigenvalue weighted by Crippen LogP contribution is -2.45. The maximum atomic E-state index is 13.3. The van der Waals surface area contributed by atoms with E-state index in [0.717, 1.165) is 0 Å². The van der Waals surface area contributed by atoms with Crippen LogP contribution in [0, 0.1) is 0 Å². The Kier molecular flexibility index (Phi) is 6.37. The number of sulfonamides is 1. The van der Waals surface area contributed by atoms with E-state index in [1.807, 2.05) is 0 Å². The SMILES string of the molecule is NS(=O)(=O)c1ccc2c(c1)NC(=O)C(c1ccccc1)N2C(=O)CCOc1ccccc1Cl. The van der Waals surface area contributed by atoms with E-state index in [9.17, 15) is 18.0 Å². The summed E-state index contributed by atoms with van der Waals surface area (Å²) in [6, 6.07) is 18.8. The fraction of sp³-hybridized carbons (Fsp3) is 0.130. The number of ether oxygens (including phenoxy) is 1. The zero-order valence-electron chi connectivity index (χ0n) is 17.3. The number of nitrogens with two attached hydrogens (primary N) is 1. The van der Waals surface area contributed by atoms with Crippen molar-refractivity contribution in [2.45, 2.75) is 17.4 Å².